The highest BCUT2D eigenvalue weighted by Crippen LogP contribution is 2.52. The maximum atomic E-state index is 5.95. The Hall–Kier alpha value is 0.880. The molecule has 0 saturated heterocycles. The van der Waals surface area contributed by atoms with Gasteiger partial charge < -0.3 is 9.05 Å². The lowest BCUT2D eigenvalue weighted by Crippen LogP contribution is -2.20. The van der Waals surface area contributed by atoms with Crippen LogP contribution in [0.25, 0.3) is 0 Å². The molecular weight excluding hydrogens is 324 g/mol. The molecule has 0 aliphatic rings. The highest BCUT2D eigenvalue weighted by atomic mass is 35.6. The van der Waals surface area contributed by atoms with E-state index >= 15 is 0 Å². The molecule has 1 heterocycles. The van der Waals surface area contributed by atoms with E-state index in [9.17, 15) is 0 Å². The molecule has 0 N–H and O–H groups in total. The monoisotopic (exact) mass is 335 g/mol. The van der Waals surface area contributed by atoms with E-state index in [2.05, 4.69) is 0 Å². The van der Waals surface area contributed by atoms with Gasteiger partial charge in [-0.15, -0.1) is 11.3 Å². The first-order valence-corrected chi connectivity index (χ1v) is 7.79. The van der Waals surface area contributed by atoms with Gasteiger partial charge in [0.25, 0.3) is 8.53 Å². The molecule has 8 heteroatoms. The normalized spacial score (nSPS) is 16.2. The zero-order valence-corrected chi connectivity index (χ0v) is 13.5. The second kappa shape index (κ2) is 6.88. The molecule has 2 unspecified atom stereocenters. The van der Waals surface area contributed by atoms with Crippen LogP contribution < -0.4 is 0 Å². The second-order valence-electron chi connectivity index (χ2n) is 3.31. The van der Waals surface area contributed by atoms with Crippen LogP contribution >= 0.6 is 54.7 Å². The van der Waals surface area contributed by atoms with Gasteiger partial charge in [0.1, 0.15) is 6.10 Å². The predicted octanol–water partition coefficient (Wildman–Crippen LogP) is 4.61. The highest BCUT2D eigenvalue weighted by Gasteiger charge is 2.38. The Morgan fingerprint density at radius 3 is 2.41 bits per heavy atom. The number of alkyl halides is 3. The Morgan fingerprint density at radius 1 is 1.41 bits per heavy atom. The Bertz CT molecular complexity index is 331. The van der Waals surface area contributed by atoms with Crippen molar-refractivity contribution in [3.8, 4) is 0 Å². The van der Waals surface area contributed by atoms with Crippen molar-refractivity contribution < 1.29 is 9.05 Å². The predicted molar refractivity (Wildman–Crippen MR) is 76.1 cm³/mol. The minimum Gasteiger partial charge on any atom is -0.325 e. The molecular formula is C9H13Cl3NO2PS. The molecule has 0 saturated carbocycles. The van der Waals surface area contributed by atoms with Gasteiger partial charge in [-0.1, -0.05) is 40.9 Å². The maximum Gasteiger partial charge on any atom is 0.258 e. The zero-order chi connectivity index (χ0) is 13.1. The fourth-order valence-electron chi connectivity index (χ4n) is 1.10. The van der Waals surface area contributed by atoms with Crippen molar-refractivity contribution in [3.63, 3.8) is 0 Å². The second-order valence-corrected chi connectivity index (χ2v) is 8.51. The zero-order valence-electron chi connectivity index (χ0n) is 9.56. The van der Waals surface area contributed by atoms with E-state index < -0.39 is 18.4 Å². The average molecular weight is 337 g/mol. The van der Waals surface area contributed by atoms with E-state index in [0.29, 0.717) is 0 Å². The number of thiophene rings is 1. The molecule has 1 aromatic heterocycles. The molecule has 0 bridgehead atoms. The van der Waals surface area contributed by atoms with Crippen molar-refractivity contribution in [2.45, 2.75) is 9.90 Å². The molecule has 1 rings (SSSR count). The summed E-state index contributed by atoms with van der Waals surface area (Å²) in [5, 5.41) is 1.91. The third-order valence-corrected chi connectivity index (χ3v) is 4.64. The van der Waals surface area contributed by atoms with Gasteiger partial charge in [0.05, 0.1) is 0 Å². The van der Waals surface area contributed by atoms with Gasteiger partial charge >= 0.3 is 0 Å². The van der Waals surface area contributed by atoms with Crippen molar-refractivity contribution in [1.82, 2.24) is 4.67 Å². The third kappa shape index (κ3) is 4.81. The molecule has 0 aromatic carbocycles. The lowest BCUT2D eigenvalue weighted by Gasteiger charge is -2.29. The van der Waals surface area contributed by atoms with Crippen LogP contribution in [0.3, 0.4) is 0 Å². The lowest BCUT2D eigenvalue weighted by molar-refractivity contribution is 0.180. The summed E-state index contributed by atoms with van der Waals surface area (Å²) in [6, 6.07) is 3.76. The quantitative estimate of drug-likeness (QED) is 0.579. The van der Waals surface area contributed by atoms with Gasteiger partial charge in [0, 0.05) is 12.0 Å². The molecule has 1 aromatic rings. The molecule has 0 aliphatic carbocycles. The van der Waals surface area contributed by atoms with Gasteiger partial charge in [0.2, 0.25) is 3.79 Å². The molecule has 0 amide bonds. The van der Waals surface area contributed by atoms with E-state index in [0.717, 1.165) is 4.88 Å². The Morgan fingerprint density at radius 2 is 2.06 bits per heavy atom. The fourth-order valence-corrected chi connectivity index (χ4v) is 3.92. The number of hydrogen-bond donors (Lipinski definition) is 0. The van der Waals surface area contributed by atoms with Gasteiger partial charge in [-0.25, -0.2) is 4.67 Å². The summed E-state index contributed by atoms with van der Waals surface area (Å²) in [5.41, 5.74) is 0. The van der Waals surface area contributed by atoms with Gasteiger partial charge in [-0.05, 0) is 25.5 Å². The first-order chi connectivity index (χ1) is 7.86. The van der Waals surface area contributed by atoms with Crippen molar-refractivity contribution in [3.05, 3.63) is 22.4 Å². The van der Waals surface area contributed by atoms with Gasteiger partial charge in [0.15, 0.2) is 0 Å². The van der Waals surface area contributed by atoms with Crippen LogP contribution in [-0.2, 0) is 9.05 Å². The standard InChI is InChI=1S/C9H13Cl3NO2PS/c1-13(2)16(14-3)15-8(9(10,11)12)7-5-4-6-17-7/h4-6,8H,1-3H3. The first kappa shape index (κ1) is 15.9. The number of rotatable bonds is 5. The van der Waals surface area contributed by atoms with Crippen LogP contribution in [0.1, 0.15) is 11.0 Å². The smallest absolute Gasteiger partial charge is 0.258 e. The van der Waals surface area contributed by atoms with Crippen LogP contribution in [0.4, 0.5) is 0 Å². The number of hydrogen-bond acceptors (Lipinski definition) is 4. The average Bonchev–Trinajstić information content (AvgIpc) is 2.69. The highest BCUT2D eigenvalue weighted by molar-refractivity contribution is 7.44. The Balaban J connectivity index is 2.86. The lowest BCUT2D eigenvalue weighted by atomic mass is 10.3. The molecule has 0 spiro atoms. The summed E-state index contributed by atoms with van der Waals surface area (Å²) in [6.07, 6.45) is -0.638. The van der Waals surface area contributed by atoms with Crippen LogP contribution in [0, 0.1) is 0 Å². The van der Waals surface area contributed by atoms with Crippen molar-refractivity contribution in [1.29, 1.82) is 0 Å². The summed E-state index contributed by atoms with van der Waals surface area (Å²) in [7, 11) is 4.02. The molecule has 2 atom stereocenters. The van der Waals surface area contributed by atoms with Crippen molar-refractivity contribution in [2.24, 2.45) is 0 Å². The molecule has 17 heavy (non-hydrogen) atoms. The van der Waals surface area contributed by atoms with Crippen molar-refractivity contribution >= 4 is 54.7 Å². The third-order valence-electron chi connectivity index (χ3n) is 1.78. The van der Waals surface area contributed by atoms with E-state index in [1.54, 1.807) is 7.11 Å². The summed E-state index contributed by atoms with van der Waals surface area (Å²) in [4.78, 5) is 0.858. The maximum absolute atomic E-state index is 5.95. The number of nitrogens with zero attached hydrogens (tertiary/aromatic N) is 1. The van der Waals surface area contributed by atoms with E-state index in [1.807, 2.05) is 36.3 Å². The van der Waals surface area contributed by atoms with E-state index in [1.165, 1.54) is 11.3 Å². The number of halogens is 3. The van der Waals surface area contributed by atoms with Gasteiger partial charge in [-0.2, -0.15) is 0 Å². The van der Waals surface area contributed by atoms with Crippen LogP contribution in [0.2, 0.25) is 0 Å². The largest absolute Gasteiger partial charge is 0.325 e. The van der Waals surface area contributed by atoms with E-state index in [4.69, 9.17) is 43.9 Å². The summed E-state index contributed by atoms with van der Waals surface area (Å²) in [6.45, 7) is 0. The van der Waals surface area contributed by atoms with Gasteiger partial charge in [-0.3, -0.25) is 0 Å². The Kier molecular flexibility index (Phi) is 6.45. The summed E-state index contributed by atoms with van der Waals surface area (Å²) >= 11 is 19.3. The fraction of sp³-hybridized carbons (Fsp3) is 0.556. The minimum absolute atomic E-state index is 0.638. The molecule has 0 aliphatic heterocycles. The van der Waals surface area contributed by atoms with Crippen LogP contribution in [-0.4, -0.2) is 29.7 Å². The Labute approximate surface area is 122 Å². The topological polar surface area (TPSA) is 21.7 Å². The van der Waals surface area contributed by atoms with Crippen LogP contribution in [0.15, 0.2) is 17.5 Å². The molecule has 0 fully saturated rings. The summed E-state index contributed by atoms with van der Waals surface area (Å²) < 4.78 is 11.3. The SMILES string of the molecule is COP(OC(c1cccs1)C(Cl)(Cl)Cl)N(C)C. The molecule has 3 nitrogen and oxygen atoms in total. The van der Waals surface area contributed by atoms with Crippen LogP contribution in [0.5, 0.6) is 0 Å². The molecule has 0 radical (unpaired) electrons. The first-order valence-electron chi connectivity index (χ1n) is 4.64. The molecule has 98 valence electrons. The van der Waals surface area contributed by atoms with E-state index in [-0.39, 0.29) is 0 Å². The van der Waals surface area contributed by atoms with Crippen molar-refractivity contribution in [2.75, 3.05) is 21.2 Å². The summed E-state index contributed by atoms with van der Waals surface area (Å²) in [5.74, 6) is 0. The minimum atomic E-state index is -1.53.